The first-order chi connectivity index (χ1) is 15.0. The molecule has 2 N–H and O–H groups in total. The first-order valence-electron chi connectivity index (χ1n) is 9.89. The summed E-state index contributed by atoms with van der Waals surface area (Å²) in [6, 6.07) is 25.8. The third kappa shape index (κ3) is 4.53. The predicted molar refractivity (Wildman–Crippen MR) is 122 cm³/mol. The van der Waals surface area contributed by atoms with Gasteiger partial charge in [0.15, 0.2) is 0 Å². The molecule has 0 saturated carbocycles. The van der Waals surface area contributed by atoms with Crippen LogP contribution in [0, 0.1) is 6.92 Å². The van der Waals surface area contributed by atoms with Gasteiger partial charge in [-0.05, 0) is 42.8 Å². The number of rotatable bonds is 5. The Morgan fingerprint density at radius 2 is 1.48 bits per heavy atom. The summed E-state index contributed by atoms with van der Waals surface area (Å²) in [5.74, 6) is 0.264. The third-order valence-corrected chi connectivity index (χ3v) is 4.99. The van der Waals surface area contributed by atoms with Crippen LogP contribution in [0.25, 0.3) is 11.3 Å². The minimum Gasteiger partial charge on any atom is -0.322 e. The van der Waals surface area contributed by atoms with E-state index < -0.39 is 0 Å². The van der Waals surface area contributed by atoms with Gasteiger partial charge in [-0.1, -0.05) is 48.5 Å². The molecular formula is C25H22N4O2. The molecule has 1 heterocycles. The van der Waals surface area contributed by atoms with E-state index in [1.54, 1.807) is 29.9 Å². The number of anilines is 2. The van der Waals surface area contributed by atoms with Gasteiger partial charge in [-0.25, -0.2) is 0 Å². The highest BCUT2D eigenvalue weighted by atomic mass is 16.2. The van der Waals surface area contributed by atoms with E-state index in [4.69, 9.17) is 0 Å². The topological polar surface area (TPSA) is 76.0 Å². The highest BCUT2D eigenvalue weighted by molar-refractivity contribution is 6.05. The Morgan fingerprint density at radius 1 is 0.806 bits per heavy atom. The average molecular weight is 410 g/mol. The summed E-state index contributed by atoms with van der Waals surface area (Å²) in [6.07, 6.45) is 0. The van der Waals surface area contributed by atoms with Crippen molar-refractivity contribution < 1.29 is 9.59 Å². The predicted octanol–water partition coefficient (Wildman–Crippen LogP) is 4.90. The molecule has 6 heteroatoms. The number of aryl methyl sites for hydroxylation is 2. The minimum absolute atomic E-state index is 0.144. The minimum atomic E-state index is -0.190. The van der Waals surface area contributed by atoms with Crippen LogP contribution in [0.2, 0.25) is 0 Å². The number of carbonyl (C=O) groups excluding carboxylic acids is 2. The molecule has 0 saturated heterocycles. The lowest BCUT2D eigenvalue weighted by atomic mass is 10.1. The van der Waals surface area contributed by atoms with E-state index in [0.717, 1.165) is 16.8 Å². The maximum absolute atomic E-state index is 12.5. The molecule has 0 aliphatic carbocycles. The van der Waals surface area contributed by atoms with Crippen LogP contribution in [-0.4, -0.2) is 21.6 Å². The standard InChI is InChI=1S/C25H22N4O2/c1-17-8-6-7-11-21(17)25(31)26-20-14-12-18(13-15-20)22-16-23(29(2)28-22)27-24(30)19-9-4-3-5-10-19/h3-16H,1-2H3,(H,26,31)(H,27,30). The Labute approximate surface area is 180 Å². The monoisotopic (exact) mass is 410 g/mol. The summed E-state index contributed by atoms with van der Waals surface area (Å²) in [7, 11) is 1.78. The lowest BCUT2D eigenvalue weighted by Crippen LogP contribution is -2.14. The molecule has 0 spiro atoms. The maximum Gasteiger partial charge on any atom is 0.256 e. The van der Waals surface area contributed by atoms with Crippen molar-refractivity contribution in [3.8, 4) is 11.3 Å². The van der Waals surface area contributed by atoms with E-state index >= 15 is 0 Å². The highest BCUT2D eigenvalue weighted by Gasteiger charge is 2.12. The van der Waals surface area contributed by atoms with E-state index in [1.807, 2.05) is 73.7 Å². The quantitative estimate of drug-likeness (QED) is 0.491. The van der Waals surface area contributed by atoms with Crippen molar-refractivity contribution in [1.82, 2.24) is 9.78 Å². The van der Waals surface area contributed by atoms with Crippen molar-refractivity contribution in [2.45, 2.75) is 6.92 Å². The summed E-state index contributed by atoms with van der Waals surface area (Å²) < 4.78 is 1.63. The van der Waals surface area contributed by atoms with Gasteiger partial charge in [0.2, 0.25) is 0 Å². The fraction of sp³-hybridized carbons (Fsp3) is 0.0800. The van der Waals surface area contributed by atoms with Crippen LogP contribution in [0.5, 0.6) is 0 Å². The molecular weight excluding hydrogens is 388 g/mol. The van der Waals surface area contributed by atoms with Crippen LogP contribution in [0.1, 0.15) is 26.3 Å². The second-order valence-electron chi connectivity index (χ2n) is 7.20. The van der Waals surface area contributed by atoms with E-state index in [-0.39, 0.29) is 11.8 Å². The van der Waals surface area contributed by atoms with Crippen LogP contribution in [0.4, 0.5) is 11.5 Å². The van der Waals surface area contributed by atoms with Gasteiger partial charge in [0, 0.05) is 35.5 Å². The second-order valence-corrected chi connectivity index (χ2v) is 7.20. The SMILES string of the molecule is Cc1ccccc1C(=O)Nc1ccc(-c2cc(NC(=O)c3ccccc3)n(C)n2)cc1. The lowest BCUT2D eigenvalue weighted by Gasteiger charge is -2.08. The average Bonchev–Trinajstić information content (AvgIpc) is 3.15. The Morgan fingerprint density at radius 3 is 2.19 bits per heavy atom. The number of nitrogens with zero attached hydrogens (tertiary/aromatic N) is 2. The summed E-state index contributed by atoms with van der Waals surface area (Å²) in [5, 5.41) is 10.3. The lowest BCUT2D eigenvalue weighted by molar-refractivity contribution is 0.101. The van der Waals surface area contributed by atoms with Crippen LogP contribution in [0.3, 0.4) is 0 Å². The van der Waals surface area contributed by atoms with Gasteiger partial charge in [0.25, 0.3) is 11.8 Å². The smallest absolute Gasteiger partial charge is 0.256 e. The molecule has 1 aromatic heterocycles. The Balaban J connectivity index is 1.47. The summed E-state index contributed by atoms with van der Waals surface area (Å²) in [4.78, 5) is 24.9. The fourth-order valence-electron chi connectivity index (χ4n) is 3.25. The molecule has 0 bridgehead atoms. The van der Waals surface area contributed by atoms with Gasteiger partial charge in [0.1, 0.15) is 5.82 Å². The van der Waals surface area contributed by atoms with E-state index in [2.05, 4.69) is 15.7 Å². The molecule has 154 valence electrons. The molecule has 4 rings (SSSR count). The Bertz CT molecular complexity index is 1230. The van der Waals surface area contributed by atoms with Crippen molar-refractivity contribution in [2.75, 3.05) is 10.6 Å². The maximum atomic E-state index is 12.5. The van der Waals surface area contributed by atoms with E-state index in [0.29, 0.717) is 22.6 Å². The Kier molecular flexibility index (Phi) is 5.62. The number of hydrogen-bond donors (Lipinski definition) is 2. The van der Waals surface area contributed by atoms with Crippen LogP contribution < -0.4 is 10.6 Å². The fourth-order valence-corrected chi connectivity index (χ4v) is 3.25. The molecule has 3 aromatic carbocycles. The zero-order valence-corrected chi connectivity index (χ0v) is 17.3. The molecule has 31 heavy (non-hydrogen) atoms. The van der Waals surface area contributed by atoms with Crippen molar-refractivity contribution in [3.63, 3.8) is 0 Å². The largest absolute Gasteiger partial charge is 0.322 e. The molecule has 4 aromatic rings. The zero-order chi connectivity index (χ0) is 21.8. The van der Waals surface area contributed by atoms with E-state index in [1.165, 1.54) is 0 Å². The summed E-state index contributed by atoms with van der Waals surface area (Å²) >= 11 is 0. The number of hydrogen-bond acceptors (Lipinski definition) is 3. The zero-order valence-electron chi connectivity index (χ0n) is 17.3. The summed E-state index contributed by atoms with van der Waals surface area (Å²) in [6.45, 7) is 1.91. The first-order valence-corrected chi connectivity index (χ1v) is 9.89. The van der Waals surface area contributed by atoms with Gasteiger partial charge in [0.05, 0.1) is 5.69 Å². The van der Waals surface area contributed by atoms with Gasteiger partial charge < -0.3 is 10.6 Å². The number of aromatic nitrogens is 2. The number of carbonyl (C=O) groups is 2. The summed E-state index contributed by atoms with van der Waals surface area (Å²) in [5.41, 5.74) is 4.46. The molecule has 0 aliphatic heterocycles. The normalized spacial score (nSPS) is 10.5. The molecule has 6 nitrogen and oxygen atoms in total. The van der Waals surface area contributed by atoms with Gasteiger partial charge in [-0.3, -0.25) is 14.3 Å². The van der Waals surface area contributed by atoms with Gasteiger partial charge in [-0.2, -0.15) is 5.10 Å². The van der Waals surface area contributed by atoms with Crippen LogP contribution >= 0.6 is 0 Å². The highest BCUT2D eigenvalue weighted by Crippen LogP contribution is 2.24. The number of amides is 2. The molecule has 0 atom stereocenters. The van der Waals surface area contributed by atoms with Crippen LogP contribution in [-0.2, 0) is 7.05 Å². The van der Waals surface area contributed by atoms with Crippen molar-refractivity contribution in [2.24, 2.45) is 7.05 Å². The second kappa shape index (κ2) is 8.67. The van der Waals surface area contributed by atoms with Gasteiger partial charge >= 0.3 is 0 Å². The Hall–Kier alpha value is -4.19. The third-order valence-electron chi connectivity index (χ3n) is 4.99. The molecule has 0 aliphatic rings. The van der Waals surface area contributed by atoms with Crippen LogP contribution in [0.15, 0.2) is 84.9 Å². The molecule has 0 fully saturated rings. The number of benzene rings is 3. The van der Waals surface area contributed by atoms with Crippen molar-refractivity contribution in [3.05, 3.63) is 102 Å². The first kappa shape index (κ1) is 20.1. The number of nitrogens with one attached hydrogen (secondary N) is 2. The van der Waals surface area contributed by atoms with Crippen molar-refractivity contribution >= 4 is 23.3 Å². The molecule has 0 radical (unpaired) electrons. The van der Waals surface area contributed by atoms with Crippen molar-refractivity contribution in [1.29, 1.82) is 0 Å². The van der Waals surface area contributed by atoms with E-state index in [9.17, 15) is 9.59 Å². The molecule has 0 unspecified atom stereocenters. The van der Waals surface area contributed by atoms with Gasteiger partial charge in [-0.15, -0.1) is 0 Å². The molecule has 2 amide bonds.